The first kappa shape index (κ1) is 9.99. The highest BCUT2D eigenvalue weighted by Crippen LogP contribution is 2.23. The molecule has 0 aromatic carbocycles. The highest BCUT2D eigenvalue weighted by Gasteiger charge is 2.15. The van der Waals surface area contributed by atoms with Gasteiger partial charge in [0, 0.05) is 12.2 Å². The van der Waals surface area contributed by atoms with E-state index in [1.54, 1.807) is 11.8 Å². The van der Waals surface area contributed by atoms with Gasteiger partial charge >= 0.3 is 0 Å². The van der Waals surface area contributed by atoms with Gasteiger partial charge in [-0.05, 0) is 36.8 Å². The van der Waals surface area contributed by atoms with Gasteiger partial charge in [0.05, 0.1) is 5.03 Å². The van der Waals surface area contributed by atoms with Crippen LogP contribution in [0, 0.1) is 0 Å². The zero-order valence-corrected chi connectivity index (χ0v) is 9.31. The van der Waals surface area contributed by atoms with Crippen LogP contribution in [0.4, 0.5) is 0 Å². The third-order valence-electron chi connectivity index (χ3n) is 2.51. The number of rotatable bonds is 3. The van der Waals surface area contributed by atoms with Crippen LogP contribution in [0.25, 0.3) is 0 Å². The molecule has 0 saturated carbocycles. The van der Waals surface area contributed by atoms with E-state index < -0.39 is 0 Å². The van der Waals surface area contributed by atoms with Crippen LogP contribution in [0.2, 0.25) is 0 Å². The molecule has 1 aromatic heterocycles. The van der Waals surface area contributed by atoms with Crippen molar-refractivity contribution < 1.29 is 0 Å². The Morgan fingerprint density at radius 3 is 3.07 bits per heavy atom. The molecular weight excluding hydrogens is 192 g/mol. The lowest BCUT2D eigenvalue weighted by Crippen LogP contribution is -2.12. The Kier molecular flexibility index (Phi) is 3.43. The first-order valence-electron chi connectivity index (χ1n) is 5.22. The molecule has 76 valence electrons. The molecule has 2 heterocycles. The summed E-state index contributed by atoms with van der Waals surface area (Å²) in [6.45, 7) is 3.30. The molecule has 1 fully saturated rings. The van der Waals surface area contributed by atoms with Crippen LogP contribution in [0.1, 0.15) is 31.4 Å². The largest absolute Gasteiger partial charge is 0.310 e. The number of thioether (sulfide) groups is 1. The van der Waals surface area contributed by atoms with Crippen LogP contribution in [-0.2, 0) is 0 Å². The fourth-order valence-electron chi connectivity index (χ4n) is 1.80. The van der Waals surface area contributed by atoms with Gasteiger partial charge in [-0.15, -0.1) is 11.8 Å². The molecule has 1 N–H and O–H groups in total. The molecule has 1 aliphatic heterocycles. The lowest BCUT2D eigenvalue weighted by atomic mass is 10.1. The predicted molar refractivity (Wildman–Crippen MR) is 60.6 cm³/mol. The maximum Gasteiger partial charge on any atom is 0.0959 e. The van der Waals surface area contributed by atoms with E-state index in [0.29, 0.717) is 6.04 Å². The molecule has 2 rings (SSSR count). The minimum Gasteiger partial charge on any atom is -0.310 e. The maximum atomic E-state index is 4.44. The van der Waals surface area contributed by atoms with Gasteiger partial charge in [0.2, 0.25) is 0 Å². The zero-order valence-electron chi connectivity index (χ0n) is 8.49. The number of nitrogens with one attached hydrogen (secondary N) is 1. The van der Waals surface area contributed by atoms with Crippen molar-refractivity contribution in [1.29, 1.82) is 0 Å². The Labute approximate surface area is 89.5 Å². The summed E-state index contributed by atoms with van der Waals surface area (Å²) in [5.41, 5.74) is 1.34. The number of hydrogen-bond donors (Lipinski definition) is 1. The van der Waals surface area contributed by atoms with E-state index in [1.165, 1.54) is 18.4 Å². The molecule has 0 aliphatic carbocycles. The monoisotopic (exact) mass is 208 g/mol. The summed E-state index contributed by atoms with van der Waals surface area (Å²) in [5, 5.41) is 4.61. The highest BCUT2D eigenvalue weighted by atomic mass is 32.2. The summed E-state index contributed by atoms with van der Waals surface area (Å²) in [6.07, 6.45) is 4.55. The van der Waals surface area contributed by atoms with Crippen molar-refractivity contribution in [2.24, 2.45) is 0 Å². The van der Waals surface area contributed by atoms with Crippen LogP contribution < -0.4 is 5.32 Å². The zero-order chi connectivity index (χ0) is 9.80. The third kappa shape index (κ3) is 2.28. The number of hydrogen-bond acceptors (Lipinski definition) is 3. The molecule has 14 heavy (non-hydrogen) atoms. The third-order valence-corrected chi connectivity index (χ3v) is 3.34. The van der Waals surface area contributed by atoms with Crippen molar-refractivity contribution in [3.05, 3.63) is 23.9 Å². The topological polar surface area (TPSA) is 24.9 Å². The van der Waals surface area contributed by atoms with Gasteiger partial charge < -0.3 is 5.32 Å². The Balaban J connectivity index is 2.05. The van der Waals surface area contributed by atoms with E-state index >= 15 is 0 Å². The molecule has 0 radical (unpaired) electrons. The van der Waals surface area contributed by atoms with Gasteiger partial charge in [-0.2, -0.15) is 0 Å². The predicted octanol–water partition coefficient (Wildman–Crippen LogP) is 2.62. The van der Waals surface area contributed by atoms with Crippen molar-refractivity contribution in [1.82, 2.24) is 10.3 Å². The van der Waals surface area contributed by atoms with Crippen molar-refractivity contribution in [2.75, 3.05) is 12.3 Å². The Hall–Kier alpha value is -0.540. The van der Waals surface area contributed by atoms with E-state index in [0.717, 1.165) is 17.3 Å². The second-order valence-electron chi connectivity index (χ2n) is 3.51. The number of pyridine rings is 1. The average Bonchev–Trinajstić information content (AvgIpc) is 2.72. The first-order valence-corrected chi connectivity index (χ1v) is 6.21. The second-order valence-corrected chi connectivity index (χ2v) is 4.80. The molecule has 2 nitrogen and oxygen atoms in total. The number of nitrogens with zero attached hydrogens (tertiary/aromatic N) is 1. The standard InChI is InChI=1S/C11H16N2S/c1-2-14-11-6-5-9(8-13-11)10-4-3-7-12-10/h5-6,8,10,12H,2-4,7H2,1H3. The summed E-state index contributed by atoms with van der Waals surface area (Å²) in [5.74, 6) is 1.09. The highest BCUT2D eigenvalue weighted by molar-refractivity contribution is 7.99. The molecule has 1 aliphatic rings. The van der Waals surface area contributed by atoms with Crippen molar-refractivity contribution >= 4 is 11.8 Å². The lowest BCUT2D eigenvalue weighted by molar-refractivity contribution is 0.643. The SMILES string of the molecule is CCSc1ccc(C2CCCN2)cn1. The van der Waals surface area contributed by atoms with Crippen LogP contribution in [-0.4, -0.2) is 17.3 Å². The summed E-state index contributed by atoms with van der Waals surface area (Å²) in [7, 11) is 0. The molecule has 1 aromatic rings. The Morgan fingerprint density at radius 2 is 2.50 bits per heavy atom. The van der Waals surface area contributed by atoms with Crippen molar-refractivity contribution in [3.63, 3.8) is 0 Å². The van der Waals surface area contributed by atoms with Gasteiger partial charge in [0.1, 0.15) is 0 Å². The summed E-state index contributed by atoms with van der Waals surface area (Å²) in [4.78, 5) is 4.44. The van der Waals surface area contributed by atoms with Crippen LogP contribution in [0.3, 0.4) is 0 Å². The Bertz CT molecular complexity index is 278. The van der Waals surface area contributed by atoms with E-state index in [-0.39, 0.29) is 0 Å². The maximum absolute atomic E-state index is 4.44. The summed E-state index contributed by atoms with van der Waals surface area (Å²) < 4.78 is 0. The van der Waals surface area contributed by atoms with Gasteiger partial charge in [-0.1, -0.05) is 13.0 Å². The molecule has 0 bridgehead atoms. The first-order chi connectivity index (χ1) is 6.90. The van der Waals surface area contributed by atoms with Crippen molar-refractivity contribution in [3.8, 4) is 0 Å². The normalized spacial score (nSPS) is 21.4. The molecule has 0 amide bonds. The molecule has 0 spiro atoms. The van der Waals surface area contributed by atoms with E-state index in [1.807, 2.05) is 6.20 Å². The summed E-state index contributed by atoms with van der Waals surface area (Å²) in [6, 6.07) is 4.88. The van der Waals surface area contributed by atoms with Crippen LogP contribution in [0.5, 0.6) is 0 Å². The van der Waals surface area contributed by atoms with E-state index in [4.69, 9.17) is 0 Å². The van der Waals surface area contributed by atoms with Gasteiger partial charge in [-0.25, -0.2) is 4.98 Å². The van der Waals surface area contributed by atoms with Gasteiger partial charge in [0.25, 0.3) is 0 Å². The fraction of sp³-hybridized carbons (Fsp3) is 0.545. The van der Waals surface area contributed by atoms with Crippen molar-refractivity contribution in [2.45, 2.75) is 30.8 Å². The molecule has 1 unspecified atom stereocenters. The fourth-order valence-corrected chi connectivity index (χ4v) is 2.39. The number of aromatic nitrogens is 1. The lowest BCUT2D eigenvalue weighted by Gasteiger charge is -2.09. The average molecular weight is 208 g/mol. The molecular formula is C11H16N2S. The van der Waals surface area contributed by atoms with Gasteiger partial charge in [-0.3, -0.25) is 0 Å². The molecule has 1 atom stereocenters. The van der Waals surface area contributed by atoms with E-state index in [9.17, 15) is 0 Å². The minimum atomic E-state index is 0.545. The summed E-state index contributed by atoms with van der Waals surface area (Å²) >= 11 is 1.80. The molecule has 3 heteroatoms. The Morgan fingerprint density at radius 1 is 1.57 bits per heavy atom. The quantitative estimate of drug-likeness (QED) is 0.773. The second kappa shape index (κ2) is 4.80. The van der Waals surface area contributed by atoms with Gasteiger partial charge in [0.15, 0.2) is 0 Å². The van der Waals surface area contributed by atoms with Crippen LogP contribution in [0.15, 0.2) is 23.4 Å². The molecule has 1 saturated heterocycles. The minimum absolute atomic E-state index is 0.545. The van der Waals surface area contributed by atoms with E-state index in [2.05, 4.69) is 29.4 Å². The smallest absolute Gasteiger partial charge is 0.0959 e. The van der Waals surface area contributed by atoms with Crippen LogP contribution >= 0.6 is 11.8 Å².